The zero-order valence-electron chi connectivity index (χ0n) is 8.78. The topological polar surface area (TPSA) is 77.8 Å². The molecule has 0 bridgehead atoms. The second kappa shape index (κ2) is 4.95. The van der Waals surface area contributed by atoms with E-state index < -0.39 is 17.4 Å². The number of aliphatic carboxylic acids is 2. The maximum absolute atomic E-state index is 10.9. The average molecular weight is 203 g/mol. The highest BCUT2D eigenvalue weighted by Crippen LogP contribution is 2.27. The molecule has 0 fully saturated rings. The Morgan fingerprint density at radius 2 is 1.64 bits per heavy atom. The molecule has 0 spiro atoms. The number of carboxylic acids is 2. The second-order valence-corrected chi connectivity index (χ2v) is 3.60. The van der Waals surface area contributed by atoms with E-state index >= 15 is 0 Å². The van der Waals surface area contributed by atoms with Gasteiger partial charge in [-0.15, -0.1) is 0 Å². The lowest BCUT2D eigenvalue weighted by atomic mass is 9.82. The molecule has 0 radical (unpaired) electrons. The van der Waals surface area contributed by atoms with Crippen LogP contribution in [0.2, 0.25) is 0 Å². The highest BCUT2D eigenvalue weighted by molar-refractivity contribution is 5.98. The van der Waals surface area contributed by atoms with E-state index in [0.717, 1.165) is 0 Å². The molecule has 0 aliphatic rings. The van der Waals surface area contributed by atoms with Gasteiger partial charge in [-0.05, 0) is 33.5 Å². The zero-order chi connectivity index (χ0) is 11.4. The summed E-state index contributed by atoms with van der Waals surface area (Å²) in [6.45, 7) is 2.03. The maximum atomic E-state index is 10.9. The summed E-state index contributed by atoms with van der Waals surface area (Å²) in [4.78, 5) is 23.6. The van der Waals surface area contributed by atoms with Gasteiger partial charge >= 0.3 is 11.9 Å². The first kappa shape index (κ1) is 12.9. The van der Waals surface area contributed by atoms with Crippen molar-refractivity contribution in [2.75, 3.05) is 20.6 Å². The van der Waals surface area contributed by atoms with E-state index in [1.54, 1.807) is 25.9 Å². The molecule has 0 aliphatic heterocycles. The Balaban J connectivity index is 4.69. The first-order valence-corrected chi connectivity index (χ1v) is 4.48. The van der Waals surface area contributed by atoms with Gasteiger partial charge in [-0.25, -0.2) is 0 Å². The summed E-state index contributed by atoms with van der Waals surface area (Å²) in [5, 5.41) is 17.8. The summed E-state index contributed by atoms with van der Waals surface area (Å²) in [5.74, 6) is -2.51. The third-order valence-electron chi connectivity index (χ3n) is 2.41. The van der Waals surface area contributed by atoms with E-state index in [9.17, 15) is 9.59 Å². The van der Waals surface area contributed by atoms with Gasteiger partial charge in [0.1, 0.15) is 0 Å². The highest BCUT2D eigenvalue weighted by atomic mass is 16.4. The fraction of sp³-hybridized carbons (Fsp3) is 0.778. The summed E-state index contributed by atoms with van der Waals surface area (Å²) >= 11 is 0. The van der Waals surface area contributed by atoms with Crippen molar-refractivity contribution in [2.45, 2.75) is 19.8 Å². The standard InChI is InChI=1S/C9H17NO4/c1-4-9(7(11)12,8(13)14)5-6-10(2)3/h4-6H2,1-3H3,(H,11,12)(H,13,14). The van der Waals surface area contributed by atoms with E-state index in [2.05, 4.69) is 0 Å². The summed E-state index contributed by atoms with van der Waals surface area (Å²) in [5.41, 5.74) is -1.63. The van der Waals surface area contributed by atoms with Crippen LogP contribution in [-0.2, 0) is 9.59 Å². The summed E-state index contributed by atoms with van der Waals surface area (Å²) in [6.07, 6.45) is 0.229. The van der Waals surface area contributed by atoms with Crippen LogP contribution in [0.15, 0.2) is 0 Å². The Labute approximate surface area is 83.3 Å². The molecule has 14 heavy (non-hydrogen) atoms. The molecule has 5 nitrogen and oxygen atoms in total. The molecular formula is C9H17NO4. The molecule has 0 heterocycles. The molecule has 0 unspecified atom stereocenters. The monoisotopic (exact) mass is 203 g/mol. The number of carbonyl (C=O) groups is 2. The average Bonchev–Trinajstić information content (AvgIpc) is 2.04. The lowest BCUT2D eigenvalue weighted by molar-refractivity contribution is -0.165. The molecule has 0 aromatic heterocycles. The van der Waals surface area contributed by atoms with Gasteiger partial charge in [0, 0.05) is 0 Å². The van der Waals surface area contributed by atoms with Crippen molar-refractivity contribution < 1.29 is 19.8 Å². The van der Waals surface area contributed by atoms with Crippen LogP contribution in [0.5, 0.6) is 0 Å². The predicted octanol–water partition coefficient (Wildman–Crippen LogP) is 0.504. The first-order chi connectivity index (χ1) is 6.36. The maximum Gasteiger partial charge on any atom is 0.321 e. The normalized spacial score (nSPS) is 11.7. The van der Waals surface area contributed by atoms with Crippen LogP contribution < -0.4 is 0 Å². The number of hydrogen-bond donors (Lipinski definition) is 2. The van der Waals surface area contributed by atoms with Gasteiger partial charge in [0.2, 0.25) is 0 Å². The van der Waals surface area contributed by atoms with E-state index in [1.807, 2.05) is 0 Å². The number of nitrogens with zero attached hydrogens (tertiary/aromatic N) is 1. The largest absolute Gasteiger partial charge is 0.480 e. The number of rotatable bonds is 6. The number of carboxylic acid groups (broad SMARTS) is 2. The minimum atomic E-state index is -1.63. The molecule has 0 saturated heterocycles. The molecule has 0 aromatic carbocycles. The quantitative estimate of drug-likeness (QED) is 0.615. The molecule has 5 heteroatoms. The number of hydrogen-bond acceptors (Lipinski definition) is 3. The Morgan fingerprint density at radius 3 is 1.86 bits per heavy atom. The van der Waals surface area contributed by atoms with Gasteiger partial charge in [-0.1, -0.05) is 6.92 Å². The molecule has 0 amide bonds. The minimum absolute atomic E-state index is 0.103. The van der Waals surface area contributed by atoms with Crippen LogP contribution in [0.25, 0.3) is 0 Å². The van der Waals surface area contributed by atoms with Crippen molar-refractivity contribution in [3.05, 3.63) is 0 Å². The molecule has 0 aliphatic carbocycles. The molecule has 2 N–H and O–H groups in total. The first-order valence-electron chi connectivity index (χ1n) is 4.48. The zero-order valence-corrected chi connectivity index (χ0v) is 8.78. The van der Waals surface area contributed by atoms with Gasteiger partial charge in [0.15, 0.2) is 5.41 Å². The third kappa shape index (κ3) is 2.70. The van der Waals surface area contributed by atoms with Gasteiger partial charge in [-0.3, -0.25) is 9.59 Å². The Hall–Kier alpha value is -1.10. The summed E-state index contributed by atoms with van der Waals surface area (Å²) in [6, 6.07) is 0. The third-order valence-corrected chi connectivity index (χ3v) is 2.41. The van der Waals surface area contributed by atoms with E-state index in [0.29, 0.717) is 6.54 Å². The van der Waals surface area contributed by atoms with E-state index in [-0.39, 0.29) is 12.8 Å². The Morgan fingerprint density at radius 1 is 1.21 bits per heavy atom. The SMILES string of the molecule is CCC(CCN(C)C)(C(=O)O)C(=O)O. The molecule has 0 aromatic rings. The van der Waals surface area contributed by atoms with Crippen molar-refractivity contribution >= 4 is 11.9 Å². The fourth-order valence-electron chi connectivity index (χ4n) is 1.20. The second-order valence-electron chi connectivity index (χ2n) is 3.60. The minimum Gasteiger partial charge on any atom is -0.480 e. The van der Waals surface area contributed by atoms with Crippen molar-refractivity contribution in [1.29, 1.82) is 0 Å². The van der Waals surface area contributed by atoms with Gasteiger partial charge in [0.05, 0.1) is 0 Å². The van der Waals surface area contributed by atoms with Gasteiger partial charge in [-0.2, -0.15) is 0 Å². The van der Waals surface area contributed by atoms with Crippen LogP contribution in [0.1, 0.15) is 19.8 Å². The van der Waals surface area contributed by atoms with E-state index in [4.69, 9.17) is 10.2 Å². The van der Waals surface area contributed by atoms with Crippen molar-refractivity contribution in [3.63, 3.8) is 0 Å². The Bertz CT molecular complexity index is 211. The van der Waals surface area contributed by atoms with Crippen molar-refractivity contribution in [3.8, 4) is 0 Å². The van der Waals surface area contributed by atoms with E-state index in [1.165, 1.54) is 0 Å². The van der Waals surface area contributed by atoms with Crippen LogP contribution in [-0.4, -0.2) is 47.7 Å². The molecular weight excluding hydrogens is 186 g/mol. The summed E-state index contributed by atoms with van der Waals surface area (Å²) in [7, 11) is 3.56. The van der Waals surface area contributed by atoms with Crippen LogP contribution in [0, 0.1) is 5.41 Å². The molecule has 0 atom stereocenters. The summed E-state index contributed by atoms with van der Waals surface area (Å²) < 4.78 is 0. The van der Waals surface area contributed by atoms with Crippen molar-refractivity contribution in [1.82, 2.24) is 4.90 Å². The van der Waals surface area contributed by atoms with Crippen LogP contribution in [0.4, 0.5) is 0 Å². The predicted molar refractivity (Wildman–Crippen MR) is 51.2 cm³/mol. The fourth-order valence-corrected chi connectivity index (χ4v) is 1.20. The lowest BCUT2D eigenvalue weighted by Gasteiger charge is -2.24. The van der Waals surface area contributed by atoms with Crippen LogP contribution >= 0.6 is 0 Å². The molecule has 0 rings (SSSR count). The molecule has 0 saturated carbocycles. The van der Waals surface area contributed by atoms with Gasteiger partial charge in [0.25, 0.3) is 0 Å². The highest BCUT2D eigenvalue weighted by Gasteiger charge is 2.44. The molecule has 82 valence electrons. The lowest BCUT2D eigenvalue weighted by Crippen LogP contribution is -2.41. The van der Waals surface area contributed by atoms with Crippen molar-refractivity contribution in [2.24, 2.45) is 5.41 Å². The smallest absolute Gasteiger partial charge is 0.321 e. The van der Waals surface area contributed by atoms with Crippen LogP contribution in [0.3, 0.4) is 0 Å². The Kier molecular flexibility index (Phi) is 4.56. The van der Waals surface area contributed by atoms with Gasteiger partial charge < -0.3 is 15.1 Å².